The van der Waals surface area contributed by atoms with Gasteiger partial charge in [0.05, 0.1) is 30.2 Å². The Morgan fingerprint density at radius 1 is 1.30 bits per heavy atom. The van der Waals surface area contributed by atoms with Gasteiger partial charge in [-0.25, -0.2) is 9.37 Å². The topological polar surface area (TPSA) is 115 Å². The van der Waals surface area contributed by atoms with Crippen molar-refractivity contribution in [3.63, 3.8) is 0 Å². The molecule has 8 nitrogen and oxygen atoms in total. The molecule has 2 heterocycles. The first-order valence-corrected chi connectivity index (χ1v) is 9.41. The number of aryl methyl sites for hydroxylation is 1. The third kappa shape index (κ3) is 4.46. The van der Waals surface area contributed by atoms with Crippen LogP contribution in [0.25, 0.3) is 11.3 Å². The Morgan fingerprint density at radius 3 is 2.63 bits per heavy atom. The number of H-pyrrole nitrogens is 1. The number of halogens is 2. The molecule has 0 atom stereocenters. The molecule has 0 aliphatic carbocycles. The molecule has 0 radical (unpaired) electrons. The summed E-state index contributed by atoms with van der Waals surface area (Å²) in [6.07, 6.45) is -0.266. The van der Waals surface area contributed by atoms with Gasteiger partial charge < -0.3 is 20.5 Å². The highest BCUT2D eigenvalue weighted by molar-refractivity contribution is 6.33. The number of nitrogens with two attached hydrogens (primary N) is 1. The van der Waals surface area contributed by atoms with Crippen molar-refractivity contribution in [3.05, 3.63) is 46.5 Å². The van der Waals surface area contributed by atoms with Gasteiger partial charge in [-0.2, -0.15) is 5.10 Å². The van der Waals surface area contributed by atoms with E-state index in [9.17, 15) is 4.79 Å². The second-order valence-electron chi connectivity index (χ2n) is 6.78. The van der Waals surface area contributed by atoms with E-state index in [1.165, 1.54) is 19.2 Å². The lowest BCUT2D eigenvalue weighted by atomic mass is 10.0. The van der Waals surface area contributed by atoms with Gasteiger partial charge in [-0.15, -0.1) is 0 Å². The first kappa shape index (κ1) is 21.4. The Kier molecular flexibility index (Phi) is 6.12. The van der Waals surface area contributed by atoms with Crippen molar-refractivity contribution in [2.24, 2.45) is 0 Å². The van der Waals surface area contributed by atoms with Crippen LogP contribution in [0.3, 0.4) is 0 Å². The first-order chi connectivity index (χ1) is 14.2. The van der Waals surface area contributed by atoms with Crippen molar-refractivity contribution in [2.75, 3.05) is 18.2 Å². The quantitative estimate of drug-likeness (QED) is 0.536. The molecule has 30 heavy (non-hydrogen) atoms. The third-order valence-corrected chi connectivity index (χ3v) is 4.42. The Bertz CT molecular complexity index is 1080. The van der Waals surface area contributed by atoms with E-state index in [0.29, 0.717) is 17.1 Å². The van der Waals surface area contributed by atoms with Gasteiger partial charge >= 0.3 is 0 Å². The molecule has 10 heteroatoms. The molecule has 1 aromatic carbocycles. The van der Waals surface area contributed by atoms with Crippen molar-refractivity contribution in [1.29, 1.82) is 0 Å². The minimum Gasteiger partial charge on any atom is -0.497 e. The second-order valence-corrected chi connectivity index (χ2v) is 7.14. The number of hydrogen-bond acceptors (Lipinski definition) is 6. The van der Waals surface area contributed by atoms with Crippen molar-refractivity contribution in [3.8, 4) is 22.8 Å². The number of nitrogen functional groups attached to an aromatic ring is 1. The van der Waals surface area contributed by atoms with Crippen LogP contribution in [0.1, 0.15) is 29.9 Å². The largest absolute Gasteiger partial charge is 0.497 e. The van der Waals surface area contributed by atoms with Gasteiger partial charge in [-0.05, 0) is 32.9 Å². The number of benzene rings is 1. The summed E-state index contributed by atoms with van der Waals surface area (Å²) >= 11 is 5.99. The van der Waals surface area contributed by atoms with Crippen molar-refractivity contribution in [1.82, 2.24) is 15.2 Å². The Labute approximate surface area is 177 Å². The van der Waals surface area contributed by atoms with Crippen LogP contribution < -0.4 is 20.5 Å². The first-order valence-electron chi connectivity index (χ1n) is 9.03. The van der Waals surface area contributed by atoms with Gasteiger partial charge in [0.15, 0.2) is 5.15 Å². The fourth-order valence-electron chi connectivity index (χ4n) is 2.79. The monoisotopic (exact) mass is 433 g/mol. The summed E-state index contributed by atoms with van der Waals surface area (Å²) in [7, 11) is 1.47. The minimum absolute atomic E-state index is 0.00233. The average molecular weight is 434 g/mol. The van der Waals surface area contributed by atoms with E-state index in [2.05, 4.69) is 20.5 Å². The van der Waals surface area contributed by atoms with E-state index in [-0.39, 0.29) is 39.6 Å². The summed E-state index contributed by atoms with van der Waals surface area (Å²) in [5.41, 5.74) is 7.03. The van der Waals surface area contributed by atoms with Crippen LogP contribution >= 0.6 is 11.6 Å². The predicted molar refractivity (Wildman–Crippen MR) is 113 cm³/mol. The van der Waals surface area contributed by atoms with Crippen molar-refractivity contribution < 1.29 is 18.7 Å². The van der Waals surface area contributed by atoms with Gasteiger partial charge in [0.25, 0.3) is 5.91 Å². The molecule has 0 aliphatic heterocycles. The summed E-state index contributed by atoms with van der Waals surface area (Å²) in [6, 6.07) is 5.56. The van der Waals surface area contributed by atoms with E-state index in [0.717, 1.165) is 6.07 Å². The van der Waals surface area contributed by atoms with Crippen LogP contribution in [0.15, 0.2) is 24.3 Å². The molecule has 0 fully saturated rings. The maximum absolute atomic E-state index is 15.0. The van der Waals surface area contributed by atoms with Crippen molar-refractivity contribution >= 4 is 29.0 Å². The number of amides is 1. The van der Waals surface area contributed by atoms with E-state index >= 15 is 4.39 Å². The van der Waals surface area contributed by atoms with Gasteiger partial charge in [-0.3, -0.25) is 9.89 Å². The number of ether oxygens (including phenoxy) is 2. The summed E-state index contributed by atoms with van der Waals surface area (Å²) in [6.45, 7) is 5.29. The van der Waals surface area contributed by atoms with Gasteiger partial charge in [0, 0.05) is 17.7 Å². The fourth-order valence-corrected chi connectivity index (χ4v) is 3.02. The van der Waals surface area contributed by atoms with Crippen LogP contribution in [0.5, 0.6) is 11.5 Å². The molecule has 0 unspecified atom stereocenters. The number of hydrogen-bond donors (Lipinski definition) is 3. The van der Waals surface area contributed by atoms with E-state index in [4.69, 9.17) is 26.8 Å². The predicted octanol–water partition coefficient (Wildman–Crippen LogP) is 4.20. The number of methoxy groups -OCH3 is 1. The van der Waals surface area contributed by atoms with Crippen LogP contribution in [-0.4, -0.2) is 34.3 Å². The number of aromatic amines is 1. The lowest BCUT2D eigenvalue weighted by Crippen LogP contribution is -2.17. The third-order valence-electron chi connectivity index (χ3n) is 4.15. The lowest BCUT2D eigenvalue weighted by molar-refractivity contribution is 0.102. The SMILES string of the molecule is COc1cc(N)nc(-c2cc(OC(C)C)c(C(=O)Nc3c(Cl)n[nH]c3C)cc2F)c1. The number of nitrogens with one attached hydrogen (secondary N) is 2. The molecule has 2 aromatic heterocycles. The van der Waals surface area contributed by atoms with Crippen LogP contribution in [0.2, 0.25) is 5.15 Å². The van der Waals surface area contributed by atoms with Crippen LogP contribution in [-0.2, 0) is 0 Å². The number of carbonyl (C=O) groups is 1. The zero-order valence-electron chi connectivity index (χ0n) is 16.8. The molecule has 3 rings (SSSR count). The Morgan fingerprint density at radius 2 is 2.03 bits per heavy atom. The Balaban J connectivity index is 2.07. The number of pyridine rings is 1. The van der Waals surface area contributed by atoms with Gasteiger partial charge in [0.2, 0.25) is 0 Å². The highest BCUT2D eigenvalue weighted by Gasteiger charge is 2.22. The molecule has 158 valence electrons. The lowest BCUT2D eigenvalue weighted by Gasteiger charge is -2.16. The molecule has 3 aromatic rings. The molecular weight excluding hydrogens is 413 g/mol. The smallest absolute Gasteiger partial charge is 0.259 e. The van der Waals surface area contributed by atoms with Gasteiger partial charge in [-0.1, -0.05) is 11.6 Å². The standard InChI is InChI=1S/C20H21ClFN5O3/c1-9(2)30-16-8-12(15-5-11(29-4)6-17(23)24-15)14(22)7-13(16)20(28)25-18-10(3)26-27-19(18)21/h5-9H,1-4H3,(H2,23,24)(H,25,28)(H,26,27). The summed E-state index contributed by atoms with van der Waals surface area (Å²) in [4.78, 5) is 17.0. The maximum atomic E-state index is 15.0. The zero-order valence-corrected chi connectivity index (χ0v) is 17.6. The van der Waals surface area contributed by atoms with E-state index < -0.39 is 11.7 Å². The highest BCUT2D eigenvalue weighted by atomic mass is 35.5. The molecule has 4 N–H and O–H groups in total. The van der Waals surface area contributed by atoms with Crippen LogP contribution in [0, 0.1) is 12.7 Å². The summed E-state index contributed by atoms with van der Waals surface area (Å²) in [5, 5.41) is 9.22. The molecule has 0 bridgehead atoms. The van der Waals surface area contributed by atoms with Crippen molar-refractivity contribution in [2.45, 2.75) is 26.9 Å². The van der Waals surface area contributed by atoms with Gasteiger partial charge in [0.1, 0.15) is 28.8 Å². The number of carbonyl (C=O) groups excluding carboxylic acids is 1. The number of rotatable bonds is 6. The Hall–Kier alpha value is -3.33. The normalized spacial score (nSPS) is 10.9. The zero-order chi connectivity index (χ0) is 22.0. The fraction of sp³-hybridized carbons (Fsp3) is 0.250. The molecule has 0 saturated carbocycles. The number of anilines is 2. The minimum atomic E-state index is -0.675. The average Bonchev–Trinajstić information content (AvgIpc) is 3.00. The molecule has 1 amide bonds. The maximum Gasteiger partial charge on any atom is 0.259 e. The summed E-state index contributed by atoms with van der Waals surface area (Å²) in [5.74, 6) is -0.497. The van der Waals surface area contributed by atoms with E-state index in [1.54, 1.807) is 26.8 Å². The summed E-state index contributed by atoms with van der Waals surface area (Å²) < 4.78 is 26.0. The molecule has 0 aliphatic rings. The second kappa shape index (κ2) is 8.58. The molecule has 0 saturated heterocycles. The molecule has 0 spiro atoms. The number of aromatic nitrogens is 3. The van der Waals surface area contributed by atoms with Crippen LogP contribution in [0.4, 0.5) is 15.9 Å². The van der Waals surface area contributed by atoms with E-state index in [1.807, 2.05) is 0 Å². The number of nitrogens with zero attached hydrogens (tertiary/aromatic N) is 2. The molecular formula is C20H21ClFN5O3. The highest BCUT2D eigenvalue weighted by Crippen LogP contribution is 2.33.